The third-order valence-electron chi connectivity index (χ3n) is 4.86. The van der Waals surface area contributed by atoms with Gasteiger partial charge in [0.15, 0.2) is 6.61 Å². The Hall–Kier alpha value is -3.87. The van der Waals surface area contributed by atoms with Crippen LogP contribution in [0.5, 0.6) is 5.75 Å². The average Bonchev–Trinajstić information content (AvgIpc) is 3.02. The van der Waals surface area contributed by atoms with Crippen LogP contribution in [0.25, 0.3) is 6.08 Å². The van der Waals surface area contributed by atoms with Crippen LogP contribution in [0.4, 0.5) is 5.69 Å². The fraction of sp³-hybridized carbons (Fsp3) is 0.208. The number of hydrogen-bond acceptors (Lipinski definition) is 6. The van der Waals surface area contributed by atoms with Crippen molar-refractivity contribution in [1.29, 1.82) is 0 Å². The van der Waals surface area contributed by atoms with Gasteiger partial charge in [-0.1, -0.05) is 29.8 Å². The normalized spacial score (nSPS) is 14.8. The lowest BCUT2D eigenvalue weighted by Gasteiger charge is -2.18. The molecule has 0 saturated carbocycles. The Labute approximate surface area is 180 Å². The summed E-state index contributed by atoms with van der Waals surface area (Å²) in [6.07, 6.45) is 1.64. The van der Waals surface area contributed by atoms with Gasteiger partial charge in [-0.15, -0.1) is 0 Å². The molecule has 0 unspecified atom stereocenters. The summed E-state index contributed by atoms with van der Waals surface area (Å²) in [5, 5.41) is 0. The molecule has 2 aromatic rings. The molecule has 160 valence electrons. The lowest BCUT2D eigenvalue weighted by Crippen LogP contribution is -2.24. The van der Waals surface area contributed by atoms with Gasteiger partial charge < -0.3 is 14.2 Å². The van der Waals surface area contributed by atoms with E-state index in [0.717, 1.165) is 5.56 Å². The summed E-state index contributed by atoms with van der Waals surface area (Å²) in [5.74, 6) is -0.897. The Balaban J connectivity index is 1.94. The maximum absolute atomic E-state index is 13.2. The number of carbonyl (C=O) groups excluding carboxylic acids is 3. The van der Waals surface area contributed by atoms with Crippen molar-refractivity contribution in [3.8, 4) is 5.75 Å². The maximum Gasteiger partial charge on any atom is 0.343 e. The van der Waals surface area contributed by atoms with Gasteiger partial charge in [0.1, 0.15) is 5.75 Å². The molecule has 3 rings (SSSR count). The number of methoxy groups -OCH3 is 2. The van der Waals surface area contributed by atoms with E-state index < -0.39 is 11.9 Å². The highest BCUT2D eigenvalue weighted by molar-refractivity contribution is 6.23. The topological polar surface area (TPSA) is 82.1 Å². The summed E-state index contributed by atoms with van der Waals surface area (Å²) in [4.78, 5) is 38.4. The van der Waals surface area contributed by atoms with E-state index in [1.54, 1.807) is 37.3 Å². The van der Waals surface area contributed by atoms with Crippen molar-refractivity contribution in [2.24, 2.45) is 0 Å². The maximum atomic E-state index is 13.2. The minimum absolute atomic E-state index is 0.199. The smallest absolute Gasteiger partial charge is 0.343 e. The minimum atomic E-state index is -0.579. The Kier molecular flexibility index (Phi) is 6.55. The number of benzene rings is 2. The molecule has 1 aliphatic heterocycles. The standard InChI is InChI=1S/C24H23NO6/c1-15-5-9-18(10-6-15)25-16(2)22(24(28)30-4)20(23(25)27)13-17-7-11-19(12-8-17)31-14-21(26)29-3/h5-13H,14H2,1-4H3/b20-13-. The Morgan fingerprint density at radius 1 is 0.935 bits per heavy atom. The molecule has 1 heterocycles. The van der Waals surface area contributed by atoms with E-state index in [1.165, 1.54) is 19.1 Å². The van der Waals surface area contributed by atoms with Gasteiger partial charge in [0.25, 0.3) is 5.91 Å². The number of anilines is 1. The highest BCUT2D eigenvalue weighted by Crippen LogP contribution is 2.35. The second-order valence-corrected chi connectivity index (χ2v) is 6.92. The zero-order valence-corrected chi connectivity index (χ0v) is 17.8. The first-order valence-electron chi connectivity index (χ1n) is 9.57. The van der Waals surface area contributed by atoms with E-state index in [-0.39, 0.29) is 23.7 Å². The van der Waals surface area contributed by atoms with Crippen molar-refractivity contribution in [3.63, 3.8) is 0 Å². The van der Waals surface area contributed by atoms with E-state index in [9.17, 15) is 14.4 Å². The number of nitrogens with zero attached hydrogens (tertiary/aromatic N) is 1. The number of aryl methyl sites for hydroxylation is 1. The number of esters is 2. The molecule has 0 aromatic heterocycles. The summed E-state index contributed by atoms with van der Waals surface area (Å²) in [6, 6.07) is 14.3. The molecule has 1 aliphatic rings. The van der Waals surface area contributed by atoms with Crippen molar-refractivity contribution < 1.29 is 28.6 Å². The first kappa shape index (κ1) is 21.8. The van der Waals surface area contributed by atoms with Gasteiger partial charge in [0, 0.05) is 11.4 Å². The summed E-state index contributed by atoms with van der Waals surface area (Å²) < 4.78 is 14.8. The van der Waals surface area contributed by atoms with Gasteiger partial charge in [0.2, 0.25) is 0 Å². The lowest BCUT2D eigenvalue weighted by molar-refractivity contribution is -0.143. The molecule has 0 N–H and O–H groups in total. The molecule has 0 spiro atoms. The molecule has 31 heavy (non-hydrogen) atoms. The Morgan fingerprint density at radius 3 is 2.16 bits per heavy atom. The minimum Gasteiger partial charge on any atom is -0.482 e. The first-order chi connectivity index (χ1) is 14.8. The number of rotatable bonds is 6. The second kappa shape index (κ2) is 9.30. The van der Waals surface area contributed by atoms with E-state index >= 15 is 0 Å². The molecule has 7 nitrogen and oxygen atoms in total. The zero-order chi connectivity index (χ0) is 22.5. The third kappa shape index (κ3) is 4.66. The molecule has 7 heteroatoms. The predicted molar refractivity (Wildman–Crippen MR) is 115 cm³/mol. The van der Waals surface area contributed by atoms with E-state index in [4.69, 9.17) is 9.47 Å². The number of hydrogen-bond donors (Lipinski definition) is 0. The molecule has 0 atom stereocenters. The van der Waals surface area contributed by atoms with E-state index in [1.807, 2.05) is 31.2 Å². The van der Waals surface area contributed by atoms with Crippen LogP contribution in [0.3, 0.4) is 0 Å². The number of allylic oxidation sites excluding steroid dienone is 1. The number of amides is 1. The first-order valence-corrected chi connectivity index (χ1v) is 9.57. The Bertz CT molecular complexity index is 1060. The van der Waals surface area contributed by atoms with Crippen LogP contribution in [0, 0.1) is 6.92 Å². The molecular weight excluding hydrogens is 398 g/mol. The van der Waals surface area contributed by atoms with Crippen LogP contribution in [0.2, 0.25) is 0 Å². The van der Waals surface area contributed by atoms with Gasteiger partial charge in [-0.25, -0.2) is 9.59 Å². The largest absolute Gasteiger partial charge is 0.482 e. The number of carbonyl (C=O) groups is 3. The van der Waals surface area contributed by atoms with Gasteiger partial charge in [-0.05, 0) is 49.8 Å². The average molecular weight is 421 g/mol. The van der Waals surface area contributed by atoms with Crippen LogP contribution < -0.4 is 9.64 Å². The molecule has 0 fully saturated rings. The molecule has 0 radical (unpaired) electrons. The van der Waals surface area contributed by atoms with Gasteiger partial charge >= 0.3 is 11.9 Å². The predicted octanol–water partition coefficient (Wildman–Crippen LogP) is 3.42. The summed E-state index contributed by atoms with van der Waals surface area (Å²) >= 11 is 0. The van der Waals surface area contributed by atoms with Gasteiger partial charge in [-0.2, -0.15) is 0 Å². The summed E-state index contributed by atoms with van der Waals surface area (Å²) in [7, 11) is 2.57. The molecular formula is C24H23NO6. The van der Waals surface area contributed by atoms with Crippen molar-refractivity contribution >= 4 is 29.6 Å². The second-order valence-electron chi connectivity index (χ2n) is 6.92. The monoisotopic (exact) mass is 421 g/mol. The van der Waals surface area contributed by atoms with Crippen LogP contribution in [-0.2, 0) is 23.9 Å². The molecule has 0 aliphatic carbocycles. The van der Waals surface area contributed by atoms with Crippen molar-refractivity contribution in [1.82, 2.24) is 0 Å². The van der Waals surface area contributed by atoms with E-state index in [2.05, 4.69) is 4.74 Å². The lowest BCUT2D eigenvalue weighted by atomic mass is 10.0. The Morgan fingerprint density at radius 2 is 1.58 bits per heavy atom. The van der Waals surface area contributed by atoms with Crippen LogP contribution in [-0.4, -0.2) is 38.7 Å². The highest BCUT2D eigenvalue weighted by Gasteiger charge is 2.37. The van der Waals surface area contributed by atoms with Gasteiger partial charge in [-0.3, -0.25) is 9.69 Å². The number of ether oxygens (including phenoxy) is 3. The fourth-order valence-electron chi connectivity index (χ4n) is 3.21. The highest BCUT2D eigenvalue weighted by atomic mass is 16.6. The van der Waals surface area contributed by atoms with Crippen molar-refractivity contribution in [2.45, 2.75) is 13.8 Å². The van der Waals surface area contributed by atoms with Gasteiger partial charge in [0.05, 0.1) is 25.4 Å². The quantitative estimate of drug-likeness (QED) is 0.525. The third-order valence-corrected chi connectivity index (χ3v) is 4.86. The molecule has 2 aromatic carbocycles. The summed E-state index contributed by atoms with van der Waals surface area (Å²) in [5.41, 5.74) is 3.39. The van der Waals surface area contributed by atoms with Crippen molar-refractivity contribution in [3.05, 3.63) is 76.5 Å². The van der Waals surface area contributed by atoms with Crippen molar-refractivity contribution in [2.75, 3.05) is 25.7 Å². The molecule has 0 saturated heterocycles. The zero-order valence-electron chi connectivity index (χ0n) is 17.8. The summed E-state index contributed by atoms with van der Waals surface area (Å²) in [6.45, 7) is 3.48. The van der Waals surface area contributed by atoms with E-state index in [0.29, 0.717) is 22.7 Å². The van der Waals surface area contributed by atoms with Crippen LogP contribution in [0.1, 0.15) is 18.1 Å². The van der Waals surface area contributed by atoms with Crippen LogP contribution in [0.15, 0.2) is 65.4 Å². The SMILES string of the molecule is COC(=O)COc1ccc(/C=C2\C(=O)N(c3ccc(C)cc3)C(C)=C2C(=O)OC)cc1. The molecule has 1 amide bonds. The molecule has 0 bridgehead atoms. The fourth-order valence-corrected chi connectivity index (χ4v) is 3.21. The van der Waals surface area contributed by atoms with Crippen LogP contribution >= 0.6 is 0 Å².